The van der Waals surface area contributed by atoms with Gasteiger partial charge in [0.1, 0.15) is 12.6 Å². The third-order valence-electron chi connectivity index (χ3n) is 7.72. The van der Waals surface area contributed by atoms with Crippen LogP contribution in [0.3, 0.4) is 0 Å². The van der Waals surface area contributed by atoms with Crippen molar-refractivity contribution in [3.05, 3.63) is 145 Å². The molecule has 2 N–H and O–H groups in total. The molecule has 0 aliphatic heterocycles. The van der Waals surface area contributed by atoms with Crippen molar-refractivity contribution in [1.29, 1.82) is 0 Å². The summed E-state index contributed by atoms with van der Waals surface area (Å²) in [5, 5.41) is 0. The normalized spacial score (nSPS) is 13.1. The molecule has 3 atom stereocenters. The smallest absolute Gasteiger partial charge is 0.312 e. The maximum absolute atomic E-state index is 13.9. The zero-order valence-electron chi connectivity index (χ0n) is 24.2. The first kappa shape index (κ1) is 29.5. The number of esters is 1. The molecule has 0 saturated carbocycles. The van der Waals surface area contributed by atoms with Crippen LogP contribution >= 0.6 is 0 Å². The van der Waals surface area contributed by atoms with Crippen molar-refractivity contribution < 1.29 is 19.1 Å². The summed E-state index contributed by atoms with van der Waals surface area (Å²) < 4.78 is 13.2. The first-order valence-electron chi connectivity index (χ1n) is 14.4. The van der Waals surface area contributed by atoms with Crippen LogP contribution in [0.2, 0.25) is 0 Å². The molecule has 0 fully saturated rings. The lowest BCUT2D eigenvalue weighted by atomic mass is 9.81. The number of carbonyl (C=O) groups excluding carboxylic acids is 2. The van der Waals surface area contributed by atoms with Gasteiger partial charge in [-0.2, -0.15) is 0 Å². The summed E-state index contributed by atoms with van der Waals surface area (Å²) in [6.45, 7) is 0.343. The summed E-state index contributed by atoms with van der Waals surface area (Å²) >= 11 is 0. The van der Waals surface area contributed by atoms with Crippen molar-refractivity contribution in [2.24, 2.45) is 17.6 Å². The van der Waals surface area contributed by atoms with Crippen molar-refractivity contribution >= 4 is 11.9 Å². The van der Waals surface area contributed by atoms with Crippen molar-refractivity contribution in [1.82, 2.24) is 4.57 Å². The summed E-state index contributed by atoms with van der Waals surface area (Å²) in [7, 11) is 1.59. The Morgan fingerprint density at radius 2 is 1.23 bits per heavy atom. The van der Waals surface area contributed by atoms with Gasteiger partial charge in [-0.05, 0) is 45.9 Å². The molecule has 1 amide bonds. The highest BCUT2D eigenvalue weighted by Crippen LogP contribution is 2.33. The Morgan fingerprint density at radius 3 is 1.81 bits per heavy atom. The lowest BCUT2D eigenvalue weighted by Gasteiger charge is -2.31. The van der Waals surface area contributed by atoms with Gasteiger partial charge in [0.25, 0.3) is 0 Å². The zero-order valence-corrected chi connectivity index (χ0v) is 24.2. The van der Waals surface area contributed by atoms with E-state index in [2.05, 4.69) is 36.4 Å². The molecule has 0 spiro atoms. The molecule has 4 aromatic carbocycles. The number of hydrogen-bond acceptors (Lipinski definition) is 4. The van der Waals surface area contributed by atoms with Crippen LogP contribution in [0.1, 0.15) is 17.2 Å². The van der Waals surface area contributed by atoms with E-state index >= 15 is 0 Å². The van der Waals surface area contributed by atoms with Crippen molar-refractivity contribution in [2.75, 3.05) is 13.7 Å². The second kappa shape index (κ2) is 14.3. The second-order valence-electron chi connectivity index (χ2n) is 10.7. The van der Waals surface area contributed by atoms with E-state index in [-0.39, 0.29) is 19.1 Å². The maximum Gasteiger partial charge on any atom is 0.312 e. The fraction of sp³-hybridized carbons (Fsp3) is 0.189. The fourth-order valence-electron chi connectivity index (χ4n) is 5.58. The molecule has 0 saturated heterocycles. The molecule has 218 valence electrons. The van der Waals surface area contributed by atoms with E-state index in [1.165, 1.54) is 0 Å². The Bertz CT molecular complexity index is 1600. The van der Waals surface area contributed by atoms with Crippen LogP contribution in [0.15, 0.2) is 134 Å². The molecule has 6 heteroatoms. The van der Waals surface area contributed by atoms with Gasteiger partial charge in [-0.3, -0.25) is 9.59 Å². The summed E-state index contributed by atoms with van der Waals surface area (Å²) in [6.07, 6.45) is 4.19. The highest BCUT2D eigenvalue weighted by atomic mass is 16.5. The minimum absolute atomic E-state index is 0.0946. The third-order valence-corrected chi connectivity index (χ3v) is 7.72. The van der Waals surface area contributed by atoms with Gasteiger partial charge in [-0.25, -0.2) is 0 Å². The molecule has 5 aromatic rings. The van der Waals surface area contributed by atoms with Gasteiger partial charge in [-0.15, -0.1) is 0 Å². The van der Waals surface area contributed by atoms with E-state index in [1.807, 2.05) is 91.1 Å². The lowest BCUT2D eigenvalue weighted by Crippen LogP contribution is -2.42. The molecule has 1 unspecified atom stereocenters. The molecule has 0 bridgehead atoms. The highest BCUT2D eigenvalue weighted by Gasteiger charge is 2.41. The van der Waals surface area contributed by atoms with E-state index < -0.39 is 23.8 Å². The molecule has 1 heterocycles. The van der Waals surface area contributed by atoms with Gasteiger partial charge in [0.2, 0.25) is 5.91 Å². The largest absolute Gasteiger partial charge is 0.461 e. The molecule has 5 rings (SSSR count). The molecule has 0 radical (unpaired) electrons. The third kappa shape index (κ3) is 7.48. The molecule has 0 aliphatic carbocycles. The number of primary amides is 1. The number of hydrogen-bond donors (Lipinski definition) is 1. The monoisotopic (exact) mass is 572 g/mol. The Labute approximate surface area is 252 Å². The first-order chi connectivity index (χ1) is 21.0. The quantitative estimate of drug-likeness (QED) is 0.159. The SMILES string of the molecule is COC[C@@H](Cc1ccccc1)C(C(=O)OCc1ccccc1)[C@H](C(N)=O)n1ccc(-c2ccc(-c3ccccc3)cc2)c1. The minimum atomic E-state index is -0.982. The fourth-order valence-corrected chi connectivity index (χ4v) is 5.58. The number of aromatic nitrogens is 1. The number of ether oxygens (including phenoxy) is 2. The van der Waals surface area contributed by atoms with E-state index in [0.29, 0.717) is 6.42 Å². The predicted molar refractivity (Wildman–Crippen MR) is 169 cm³/mol. The van der Waals surface area contributed by atoms with Crippen LogP contribution in [0, 0.1) is 11.8 Å². The number of carbonyl (C=O) groups is 2. The van der Waals surface area contributed by atoms with Crippen LogP contribution in [0.25, 0.3) is 22.3 Å². The number of rotatable bonds is 13. The topological polar surface area (TPSA) is 83.6 Å². The molecule has 0 aliphatic rings. The van der Waals surface area contributed by atoms with Crippen molar-refractivity contribution in [3.8, 4) is 22.3 Å². The molecular formula is C37H36N2O4. The summed E-state index contributed by atoms with van der Waals surface area (Å²) in [5.41, 5.74) is 12.1. The van der Waals surface area contributed by atoms with Crippen LogP contribution in [-0.2, 0) is 32.1 Å². The molecular weight excluding hydrogens is 536 g/mol. The Kier molecular flexibility index (Phi) is 9.82. The number of methoxy groups -OCH3 is 1. The van der Waals surface area contributed by atoms with E-state index in [0.717, 1.165) is 33.4 Å². The summed E-state index contributed by atoms with van der Waals surface area (Å²) in [4.78, 5) is 27.1. The van der Waals surface area contributed by atoms with Crippen LogP contribution in [0.4, 0.5) is 0 Å². The Hall–Kier alpha value is -4.94. The van der Waals surface area contributed by atoms with Gasteiger partial charge >= 0.3 is 5.97 Å². The number of nitrogens with two attached hydrogens (primary N) is 1. The maximum atomic E-state index is 13.9. The van der Waals surface area contributed by atoms with E-state index in [9.17, 15) is 9.59 Å². The zero-order chi connectivity index (χ0) is 30.0. The lowest BCUT2D eigenvalue weighted by molar-refractivity contribution is -0.157. The van der Waals surface area contributed by atoms with E-state index in [1.54, 1.807) is 17.9 Å². The number of nitrogens with zero attached hydrogens (tertiary/aromatic N) is 1. The van der Waals surface area contributed by atoms with Crippen molar-refractivity contribution in [3.63, 3.8) is 0 Å². The van der Waals surface area contributed by atoms with Crippen LogP contribution in [0.5, 0.6) is 0 Å². The first-order valence-corrected chi connectivity index (χ1v) is 14.4. The van der Waals surface area contributed by atoms with Gasteiger partial charge in [-0.1, -0.05) is 115 Å². The highest BCUT2D eigenvalue weighted by molar-refractivity contribution is 5.86. The van der Waals surface area contributed by atoms with Gasteiger partial charge in [0.15, 0.2) is 0 Å². The average Bonchev–Trinajstić information content (AvgIpc) is 3.53. The number of amides is 1. The summed E-state index contributed by atoms with van der Waals surface area (Å²) in [5.74, 6) is -2.36. The van der Waals surface area contributed by atoms with Gasteiger partial charge in [0.05, 0.1) is 12.5 Å². The summed E-state index contributed by atoms with van der Waals surface area (Å²) in [6, 6.07) is 38.7. The Morgan fingerprint density at radius 1 is 0.698 bits per heavy atom. The van der Waals surface area contributed by atoms with E-state index in [4.69, 9.17) is 15.2 Å². The molecule has 6 nitrogen and oxygen atoms in total. The second-order valence-corrected chi connectivity index (χ2v) is 10.7. The predicted octanol–water partition coefficient (Wildman–Crippen LogP) is 6.71. The van der Waals surface area contributed by atoms with Gasteiger partial charge in [0, 0.05) is 25.4 Å². The minimum Gasteiger partial charge on any atom is -0.461 e. The van der Waals surface area contributed by atoms with Crippen molar-refractivity contribution in [2.45, 2.75) is 19.1 Å². The standard InChI is InChI=1S/C37H36N2O4/c1-42-26-33(23-27-11-5-2-6-12-27)34(37(41)43-25-28-13-7-3-8-14-28)35(36(38)40)39-22-21-32(24-39)31-19-17-30(18-20-31)29-15-9-4-10-16-29/h2-22,24,33-35H,23,25-26H2,1H3,(H2,38,40)/t33-,34?,35-/m1/s1. The van der Waals surface area contributed by atoms with Crippen LogP contribution in [-0.4, -0.2) is 30.2 Å². The molecule has 1 aromatic heterocycles. The number of benzene rings is 4. The van der Waals surface area contributed by atoms with Gasteiger partial charge < -0.3 is 19.8 Å². The average molecular weight is 573 g/mol. The molecule has 43 heavy (non-hydrogen) atoms. The van der Waals surface area contributed by atoms with Crippen LogP contribution < -0.4 is 5.73 Å². The Balaban J connectivity index is 1.46.